The molecule has 0 spiro atoms. The van der Waals surface area contributed by atoms with E-state index in [1.165, 1.54) is 24.2 Å². The first-order valence-corrected chi connectivity index (χ1v) is 6.95. The third-order valence-corrected chi connectivity index (χ3v) is 3.47. The Morgan fingerprint density at radius 2 is 1.95 bits per heavy atom. The van der Waals surface area contributed by atoms with Crippen molar-refractivity contribution in [1.82, 2.24) is 15.1 Å². The van der Waals surface area contributed by atoms with E-state index in [4.69, 9.17) is 5.11 Å². The van der Waals surface area contributed by atoms with Crippen molar-refractivity contribution in [2.75, 3.05) is 39.8 Å². The molecule has 1 aliphatic rings. The molecule has 0 aliphatic carbocycles. The lowest BCUT2D eigenvalue weighted by Crippen LogP contribution is -2.44. The molecule has 1 fully saturated rings. The number of carboxylic acid groups (broad SMARTS) is 1. The highest BCUT2D eigenvalue weighted by atomic mass is 16.4. The van der Waals surface area contributed by atoms with Crippen LogP contribution in [0, 0.1) is 5.92 Å². The number of hydrogen-bond acceptors (Lipinski definition) is 3. The second-order valence-corrected chi connectivity index (χ2v) is 5.25. The Morgan fingerprint density at radius 3 is 2.53 bits per heavy atom. The van der Waals surface area contributed by atoms with Gasteiger partial charge in [0.15, 0.2) is 0 Å². The molecule has 2 N–H and O–H groups in total. The molecule has 1 saturated heterocycles. The third kappa shape index (κ3) is 5.92. The Balaban J connectivity index is 2.17. The molecule has 19 heavy (non-hydrogen) atoms. The molecule has 0 bridgehead atoms. The fraction of sp³-hybridized carbons (Fsp3) is 0.846. The van der Waals surface area contributed by atoms with Gasteiger partial charge >= 0.3 is 12.0 Å². The maximum absolute atomic E-state index is 11.7. The second-order valence-electron chi connectivity index (χ2n) is 5.25. The standard InChI is InChI=1S/C13H25N3O3/c1-11(12(17)18)10-15(2)13(19)14-6-9-16-7-4-3-5-8-16/h11H,3-10H2,1-2H3,(H,14,19)(H,17,18). The number of likely N-dealkylation sites (tertiary alicyclic amines) is 1. The number of aliphatic carboxylic acids is 1. The van der Waals surface area contributed by atoms with Crippen LogP contribution in [0.3, 0.4) is 0 Å². The van der Waals surface area contributed by atoms with Gasteiger partial charge in [0.1, 0.15) is 0 Å². The summed E-state index contributed by atoms with van der Waals surface area (Å²) in [6, 6.07) is -0.204. The Morgan fingerprint density at radius 1 is 1.32 bits per heavy atom. The van der Waals surface area contributed by atoms with Crippen molar-refractivity contribution >= 4 is 12.0 Å². The highest BCUT2D eigenvalue weighted by Gasteiger charge is 2.17. The van der Waals surface area contributed by atoms with E-state index in [1.807, 2.05) is 0 Å². The van der Waals surface area contributed by atoms with Gasteiger partial charge < -0.3 is 20.2 Å². The van der Waals surface area contributed by atoms with Crippen LogP contribution in [0.1, 0.15) is 26.2 Å². The fourth-order valence-electron chi connectivity index (χ4n) is 2.21. The minimum Gasteiger partial charge on any atom is -0.481 e. The third-order valence-electron chi connectivity index (χ3n) is 3.47. The van der Waals surface area contributed by atoms with Crippen LogP contribution in [-0.2, 0) is 4.79 Å². The number of rotatable bonds is 6. The van der Waals surface area contributed by atoms with E-state index in [1.54, 1.807) is 14.0 Å². The summed E-state index contributed by atoms with van der Waals surface area (Å²) in [5, 5.41) is 11.6. The summed E-state index contributed by atoms with van der Waals surface area (Å²) in [6.45, 7) is 5.53. The van der Waals surface area contributed by atoms with Crippen molar-refractivity contribution in [1.29, 1.82) is 0 Å². The minimum atomic E-state index is -0.882. The first-order valence-electron chi connectivity index (χ1n) is 6.95. The quantitative estimate of drug-likeness (QED) is 0.750. The van der Waals surface area contributed by atoms with E-state index in [0.717, 1.165) is 19.6 Å². The van der Waals surface area contributed by atoms with E-state index >= 15 is 0 Å². The normalized spacial score (nSPS) is 17.8. The summed E-state index contributed by atoms with van der Waals surface area (Å²) in [4.78, 5) is 26.2. The maximum Gasteiger partial charge on any atom is 0.317 e. The summed E-state index contributed by atoms with van der Waals surface area (Å²) < 4.78 is 0. The van der Waals surface area contributed by atoms with E-state index in [2.05, 4.69) is 10.2 Å². The van der Waals surface area contributed by atoms with Crippen molar-refractivity contribution in [3.63, 3.8) is 0 Å². The number of nitrogens with one attached hydrogen (secondary N) is 1. The van der Waals surface area contributed by atoms with Crippen LogP contribution in [0.4, 0.5) is 4.79 Å². The summed E-state index contributed by atoms with van der Waals surface area (Å²) in [7, 11) is 1.62. The molecular weight excluding hydrogens is 246 g/mol. The molecule has 0 saturated carbocycles. The van der Waals surface area contributed by atoms with Crippen LogP contribution in [0.2, 0.25) is 0 Å². The van der Waals surface area contributed by atoms with Crippen LogP contribution < -0.4 is 5.32 Å². The Hall–Kier alpha value is -1.30. The number of carboxylic acids is 1. The van der Waals surface area contributed by atoms with Crippen LogP contribution in [0.5, 0.6) is 0 Å². The topological polar surface area (TPSA) is 72.9 Å². The van der Waals surface area contributed by atoms with Gasteiger partial charge in [0, 0.05) is 26.7 Å². The number of amides is 2. The largest absolute Gasteiger partial charge is 0.481 e. The summed E-state index contributed by atoms with van der Waals surface area (Å²) in [5.41, 5.74) is 0. The highest BCUT2D eigenvalue weighted by molar-refractivity contribution is 5.75. The zero-order valence-electron chi connectivity index (χ0n) is 11.9. The van der Waals surface area contributed by atoms with Gasteiger partial charge in [-0.3, -0.25) is 4.79 Å². The Bertz CT molecular complexity index is 304. The van der Waals surface area contributed by atoms with E-state index in [-0.39, 0.29) is 12.6 Å². The molecule has 6 heteroatoms. The first-order chi connectivity index (χ1) is 9.00. The van der Waals surface area contributed by atoms with Gasteiger partial charge in [-0.1, -0.05) is 13.3 Å². The Kier molecular flexibility index (Phi) is 6.62. The molecule has 2 amide bonds. The average molecular weight is 271 g/mol. The van der Waals surface area contributed by atoms with E-state index in [0.29, 0.717) is 6.54 Å². The number of urea groups is 1. The van der Waals surface area contributed by atoms with Crippen LogP contribution in [0.25, 0.3) is 0 Å². The average Bonchev–Trinajstić information content (AvgIpc) is 2.39. The monoisotopic (exact) mass is 271 g/mol. The molecule has 0 aromatic carbocycles. The molecule has 1 rings (SSSR count). The van der Waals surface area contributed by atoms with Crippen LogP contribution in [0.15, 0.2) is 0 Å². The number of piperidine rings is 1. The van der Waals surface area contributed by atoms with E-state index in [9.17, 15) is 9.59 Å². The molecule has 6 nitrogen and oxygen atoms in total. The molecule has 1 unspecified atom stereocenters. The zero-order chi connectivity index (χ0) is 14.3. The molecule has 1 atom stereocenters. The predicted molar refractivity (Wildman–Crippen MR) is 73.1 cm³/mol. The number of nitrogens with zero attached hydrogens (tertiary/aromatic N) is 2. The van der Waals surface area contributed by atoms with Crippen molar-refractivity contribution in [2.45, 2.75) is 26.2 Å². The molecular formula is C13H25N3O3. The lowest BCUT2D eigenvalue weighted by molar-refractivity contribution is -0.141. The maximum atomic E-state index is 11.7. The molecule has 0 radical (unpaired) electrons. The van der Waals surface area contributed by atoms with Crippen molar-refractivity contribution in [3.05, 3.63) is 0 Å². The van der Waals surface area contributed by atoms with Gasteiger partial charge in [0.25, 0.3) is 0 Å². The summed E-state index contributed by atoms with van der Waals surface area (Å²) >= 11 is 0. The van der Waals surface area contributed by atoms with Crippen LogP contribution in [-0.4, -0.2) is 66.7 Å². The minimum absolute atomic E-state index is 0.204. The lowest BCUT2D eigenvalue weighted by atomic mass is 10.1. The second kappa shape index (κ2) is 7.99. The zero-order valence-corrected chi connectivity index (χ0v) is 11.9. The lowest BCUT2D eigenvalue weighted by Gasteiger charge is -2.27. The Labute approximate surface area is 114 Å². The molecule has 1 aliphatic heterocycles. The first kappa shape index (κ1) is 15.8. The van der Waals surface area contributed by atoms with E-state index < -0.39 is 11.9 Å². The van der Waals surface area contributed by atoms with Gasteiger partial charge in [-0.2, -0.15) is 0 Å². The number of carbonyl (C=O) groups excluding carboxylic acids is 1. The van der Waals surface area contributed by atoms with Crippen molar-refractivity contribution in [2.24, 2.45) is 5.92 Å². The van der Waals surface area contributed by atoms with Gasteiger partial charge in [-0.25, -0.2) is 4.79 Å². The highest BCUT2D eigenvalue weighted by Crippen LogP contribution is 2.07. The van der Waals surface area contributed by atoms with Gasteiger partial charge in [-0.15, -0.1) is 0 Å². The van der Waals surface area contributed by atoms with Crippen molar-refractivity contribution in [3.8, 4) is 0 Å². The van der Waals surface area contributed by atoms with Gasteiger partial charge in [-0.05, 0) is 25.9 Å². The SMILES string of the molecule is CC(CN(C)C(=O)NCCN1CCCCC1)C(=O)O. The summed E-state index contributed by atoms with van der Waals surface area (Å²) in [6.07, 6.45) is 3.78. The van der Waals surface area contributed by atoms with Crippen LogP contribution >= 0.6 is 0 Å². The number of hydrogen-bond donors (Lipinski definition) is 2. The molecule has 1 heterocycles. The fourth-order valence-corrected chi connectivity index (χ4v) is 2.21. The van der Waals surface area contributed by atoms with Gasteiger partial charge in [0.05, 0.1) is 5.92 Å². The van der Waals surface area contributed by atoms with Gasteiger partial charge in [0.2, 0.25) is 0 Å². The molecule has 110 valence electrons. The summed E-state index contributed by atoms with van der Waals surface area (Å²) in [5.74, 6) is -1.43. The smallest absolute Gasteiger partial charge is 0.317 e. The molecule has 0 aromatic rings. The predicted octanol–water partition coefficient (Wildman–Crippen LogP) is 0.834. The number of carbonyl (C=O) groups is 2. The molecule has 0 aromatic heterocycles. The van der Waals surface area contributed by atoms with Crippen molar-refractivity contribution < 1.29 is 14.7 Å².